The van der Waals surface area contributed by atoms with Crippen molar-refractivity contribution >= 4 is 28.5 Å². The molecule has 3 aromatic rings. The molecule has 1 amide bonds. The predicted octanol–water partition coefficient (Wildman–Crippen LogP) is 7.62. The number of carbonyl (C=O) groups excluding carboxylic acids is 1. The third-order valence-electron chi connectivity index (χ3n) is 6.70. The molecule has 2 aliphatic rings. The average Bonchev–Trinajstić information content (AvgIpc) is 3.41. The molecular formula is C32H30N2O2S. The lowest BCUT2D eigenvalue weighted by Gasteiger charge is -2.16. The van der Waals surface area contributed by atoms with Gasteiger partial charge in [0, 0.05) is 5.92 Å². The molecule has 1 N–H and O–H groups in total. The van der Waals surface area contributed by atoms with E-state index in [2.05, 4.69) is 73.6 Å². The monoisotopic (exact) mass is 506 g/mol. The Bertz CT molecular complexity index is 1420. The topological polar surface area (TPSA) is 50.7 Å². The summed E-state index contributed by atoms with van der Waals surface area (Å²) in [6, 6.07) is 26.6. The molecule has 0 bridgehead atoms. The number of hydrogen-bond acceptors (Lipinski definition) is 4. The molecule has 186 valence electrons. The zero-order valence-electron chi connectivity index (χ0n) is 21.3. The highest BCUT2D eigenvalue weighted by molar-refractivity contribution is 8.18. The van der Waals surface area contributed by atoms with Gasteiger partial charge in [0.25, 0.3) is 5.91 Å². The smallest absolute Gasteiger partial charge is 0.264 e. The average molecular weight is 507 g/mol. The maximum absolute atomic E-state index is 12.7. The molecule has 4 nitrogen and oxygen atoms in total. The summed E-state index contributed by atoms with van der Waals surface area (Å²) in [6.07, 6.45) is 5.15. The van der Waals surface area contributed by atoms with Crippen molar-refractivity contribution in [2.75, 3.05) is 0 Å². The van der Waals surface area contributed by atoms with Crippen LogP contribution in [0.1, 0.15) is 43.4 Å². The second-order valence-corrected chi connectivity index (χ2v) is 10.3. The lowest BCUT2D eigenvalue weighted by Crippen LogP contribution is -2.19. The second kappa shape index (κ2) is 11.1. The predicted molar refractivity (Wildman–Crippen MR) is 153 cm³/mol. The van der Waals surface area contributed by atoms with Crippen LogP contribution in [0.5, 0.6) is 5.75 Å². The first-order chi connectivity index (χ1) is 18.0. The van der Waals surface area contributed by atoms with E-state index >= 15 is 0 Å². The Kier molecular flexibility index (Phi) is 7.42. The number of allylic oxidation sites excluding steroid dienone is 5. The first-order valence-corrected chi connectivity index (χ1v) is 13.4. The molecule has 5 rings (SSSR count). The summed E-state index contributed by atoms with van der Waals surface area (Å²) in [4.78, 5) is 17.9. The number of aliphatic imine (C=N–C) groups is 1. The van der Waals surface area contributed by atoms with E-state index in [-0.39, 0.29) is 11.8 Å². The van der Waals surface area contributed by atoms with Crippen LogP contribution in [-0.4, -0.2) is 11.1 Å². The number of rotatable bonds is 7. The fourth-order valence-corrected chi connectivity index (χ4v) is 5.49. The number of nitrogens with zero attached hydrogens (tertiary/aromatic N) is 1. The third kappa shape index (κ3) is 5.78. The molecule has 1 aliphatic carbocycles. The van der Waals surface area contributed by atoms with E-state index in [0.29, 0.717) is 16.7 Å². The second-order valence-electron chi connectivity index (χ2n) is 9.30. The molecular weight excluding hydrogens is 476 g/mol. The standard InChI is InChI=1S/C32H30N2O2S/c1-4-23-10-14-27(15-11-23)33-32-34-31(35)29(37-32)19-26-18-21(2)30(22(26)3)25-12-16-28(17-13-25)36-20-24-8-6-5-7-9-24/h5-19,30H,4,20H2,1-3H3,(H,33,34,35)/b29-19-/t30-/m1/s1. The lowest BCUT2D eigenvalue weighted by atomic mass is 9.89. The van der Waals surface area contributed by atoms with Crippen molar-refractivity contribution in [1.29, 1.82) is 0 Å². The van der Waals surface area contributed by atoms with Crippen molar-refractivity contribution in [2.45, 2.75) is 39.7 Å². The van der Waals surface area contributed by atoms with E-state index in [1.54, 1.807) is 0 Å². The Morgan fingerprint density at radius 1 is 0.946 bits per heavy atom. The van der Waals surface area contributed by atoms with Crippen LogP contribution in [0.4, 0.5) is 5.69 Å². The molecule has 1 atom stereocenters. The van der Waals surface area contributed by atoms with Crippen LogP contribution in [0.3, 0.4) is 0 Å². The van der Waals surface area contributed by atoms with Crippen LogP contribution in [0.2, 0.25) is 0 Å². The van der Waals surface area contributed by atoms with Gasteiger partial charge in [-0.1, -0.05) is 78.7 Å². The van der Waals surface area contributed by atoms with Crippen molar-refractivity contribution in [3.63, 3.8) is 0 Å². The van der Waals surface area contributed by atoms with Gasteiger partial charge in [-0.3, -0.25) is 4.79 Å². The van der Waals surface area contributed by atoms with Gasteiger partial charge in [-0.15, -0.1) is 0 Å². The Labute approximate surface area is 222 Å². The Hall–Kier alpha value is -3.83. The minimum Gasteiger partial charge on any atom is -0.489 e. The largest absolute Gasteiger partial charge is 0.489 e. The van der Waals surface area contributed by atoms with E-state index in [1.165, 1.54) is 34.0 Å². The zero-order chi connectivity index (χ0) is 25.8. The molecule has 0 spiro atoms. The van der Waals surface area contributed by atoms with Gasteiger partial charge < -0.3 is 10.1 Å². The number of amides is 1. The number of thioether (sulfide) groups is 1. The minimum atomic E-state index is -0.108. The van der Waals surface area contributed by atoms with Gasteiger partial charge in [-0.25, -0.2) is 4.99 Å². The van der Waals surface area contributed by atoms with Gasteiger partial charge in [-0.05, 0) is 84.6 Å². The Balaban J connectivity index is 1.29. The normalized spacial score (nSPS) is 19.5. The fraction of sp³-hybridized carbons (Fsp3) is 0.188. The Morgan fingerprint density at radius 3 is 2.38 bits per heavy atom. The summed E-state index contributed by atoms with van der Waals surface area (Å²) < 4.78 is 5.95. The molecule has 0 unspecified atom stereocenters. The van der Waals surface area contributed by atoms with E-state index in [0.717, 1.165) is 29.0 Å². The van der Waals surface area contributed by atoms with Crippen LogP contribution in [0.25, 0.3) is 0 Å². The van der Waals surface area contributed by atoms with Crippen molar-refractivity contribution in [3.8, 4) is 5.75 Å². The summed E-state index contributed by atoms with van der Waals surface area (Å²) in [6.45, 7) is 6.97. The van der Waals surface area contributed by atoms with Gasteiger partial charge in [0.15, 0.2) is 5.17 Å². The van der Waals surface area contributed by atoms with Crippen LogP contribution in [0.15, 0.2) is 118 Å². The lowest BCUT2D eigenvalue weighted by molar-refractivity contribution is -0.115. The zero-order valence-corrected chi connectivity index (χ0v) is 22.1. The van der Waals surface area contributed by atoms with Crippen LogP contribution in [-0.2, 0) is 17.8 Å². The Morgan fingerprint density at radius 2 is 1.68 bits per heavy atom. The molecule has 1 fully saturated rings. The highest BCUT2D eigenvalue weighted by Crippen LogP contribution is 2.41. The number of nitrogens with one attached hydrogen (secondary N) is 1. The number of benzene rings is 3. The molecule has 0 aromatic heterocycles. The first-order valence-electron chi connectivity index (χ1n) is 12.5. The SMILES string of the molecule is CCc1ccc(N=C2NC(=O)/C(=C/C3=C(C)[C@H](c4ccc(OCc5ccccc5)cc4)C(C)=C3)S2)cc1. The fourth-order valence-electron chi connectivity index (χ4n) is 4.66. The van der Waals surface area contributed by atoms with E-state index in [4.69, 9.17) is 4.74 Å². The van der Waals surface area contributed by atoms with E-state index < -0.39 is 0 Å². The van der Waals surface area contributed by atoms with Crippen molar-refractivity contribution in [2.24, 2.45) is 4.99 Å². The number of ether oxygens (including phenoxy) is 1. The maximum Gasteiger partial charge on any atom is 0.264 e. The summed E-state index contributed by atoms with van der Waals surface area (Å²) in [5.41, 5.74) is 8.04. The van der Waals surface area contributed by atoms with Crippen LogP contribution >= 0.6 is 11.8 Å². The molecule has 3 aromatic carbocycles. The molecule has 37 heavy (non-hydrogen) atoms. The van der Waals surface area contributed by atoms with Gasteiger partial charge in [0.1, 0.15) is 12.4 Å². The highest BCUT2D eigenvalue weighted by atomic mass is 32.2. The molecule has 5 heteroatoms. The van der Waals surface area contributed by atoms with E-state index in [9.17, 15) is 4.79 Å². The minimum absolute atomic E-state index is 0.108. The van der Waals surface area contributed by atoms with Gasteiger partial charge in [-0.2, -0.15) is 0 Å². The number of amidine groups is 1. The van der Waals surface area contributed by atoms with Crippen LogP contribution < -0.4 is 10.1 Å². The molecule has 1 heterocycles. The van der Waals surface area contributed by atoms with Gasteiger partial charge in [0.05, 0.1) is 10.6 Å². The summed E-state index contributed by atoms with van der Waals surface area (Å²) in [5, 5.41) is 3.51. The molecule has 0 saturated carbocycles. The summed E-state index contributed by atoms with van der Waals surface area (Å²) >= 11 is 1.39. The molecule has 1 aliphatic heterocycles. The van der Waals surface area contributed by atoms with Gasteiger partial charge in [0.2, 0.25) is 0 Å². The molecule has 1 saturated heterocycles. The maximum atomic E-state index is 12.7. The highest BCUT2D eigenvalue weighted by Gasteiger charge is 2.27. The van der Waals surface area contributed by atoms with Crippen LogP contribution in [0, 0.1) is 0 Å². The molecule has 0 radical (unpaired) electrons. The number of carbonyl (C=O) groups is 1. The third-order valence-corrected chi connectivity index (χ3v) is 7.61. The van der Waals surface area contributed by atoms with Gasteiger partial charge >= 0.3 is 0 Å². The summed E-state index contributed by atoms with van der Waals surface area (Å²) in [5.74, 6) is 0.935. The van der Waals surface area contributed by atoms with E-state index in [1.807, 2.05) is 48.5 Å². The quantitative estimate of drug-likeness (QED) is 0.335. The van der Waals surface area contributed by atoms with Crippen molar-refractivity contribution < 1.29 is 9.53 Å². The number of hydrogen-bond donors (Lipinski definition) is 1. The summed E-state index contributed by atoms with van der Waals surface area (Å²) in [7, 11) is 0. The first kappa shape index (κ1) is 24.8. The van der Waals surface area contributed by atoms with Crippen molar-refractivity contribution in [3.05, 3.63) is 129 Å². The van der Waals surface area contributed by atoms with Crippen molar-refractivity contribution in [1.82, 2.24) is 5.32 Å². The number of aryl methyl sites for hydroxylation is 1.